The van der Waals surface area contributed by atoms with Crippen molar-refractivity contribution in [2.75, 3.05) is 13.1 Å². The van der Waals surface area contributed by atoms with Crippen LogP contribution in [0.2, 0.25) is 5.15 Å². The minimum atomic E-state index is 0.321. The molecule has 3 rings (SSSR count). The summed E-state index contributed by atoms with van der Waals surface area (Å²) >= 11 is 5.65. The van der Waals surface area contributed by atoms with Crippen LogP contribution in [0.5, 0.6) is 5.88 Å². The number of hydrogen-bond acceptors (Lipinski definition) is 4. The third-order valence-corrected chi connectivity index (χ3v) is 3.41. The van der Waals surface area contributed by atoms with E-state index in [1.807, 2.05) is 0 Å². The van der Waals surface area contributed by atoms with E-state index in [9.17, 15) is 0 Å². The number of fused-ring (bicyclic) bond motifs is 2. The Morgan fingerprint density at radius 2 is 2.07 bits per heavy atom. The van der Waals surface area contributed by atoms with Crippen molar-refractivity contribution >= 4 is 11.6 Å². The molecule has 2 bridgehead atoms. The van der Waals surface area contributed by atoms with Crippen LogP contribution in [0.3, 0.4) is 0 Å². The first-order valence-electron chi connectivity index (χ1n) is 5.19. The molecular formula is C10H12ClN3O. The van der Waals surface area contributed by atoms with Gasteiger partial charge in [-0.3, -0.25) is 0 Å². The number of nitrogens with one attached hydrogen (secondary N) is 1. The van der Waals surface area contributed by atoms with Crippen molar-refractivity contribution < 1.29 is 4.74 Å². The average molecular weight is 226 g/mol. The maximum absolute atomic E-state index is 5.80. The Hall–Kier alpha value is -0.870. The van der Waals surface area contributed by atoms with Crippen molar-refractivity contribution in [3.8, 4) is 5.88 Å². The van der Waals surface area contributed by atoms with E-state index in [-0.39, 0.29) is 0 Å². The van der Waals surface area contributed by atoms with Crippen LogP contribution in [0.4, 0.5) is 0 Å². The molecular weight excluding hydrogens is 214 g/mol. The Morgan fingerprint density at radius 1 is 1.27 bits per heavy atom. The maximum atomic E-state index is 5.80. The zero-order chi connectivity index (χ0) is 10.3. The highest BCUT2D eigenvalue weighted by Gasteiger charge is 2.45. The smallest absolute Gasteiger partial charge is 0.233 e. The van der Waals surface area contributed by atoms with E-state index in [0.29, 0.717) is 29.0 Å². The van der Waals surface area contributed by atoms with E-state index in [1.54, 1.807) is 12.1 Å². The van der Waals surface area contributed by atoms with Crippen LogP contribution in [0.15, 0.2) is 12.1 Å². The molecule has 2 heterocycles. The normalized spacial score (nSPS) is 33.3. The number of piperidine rings is 2. The lowest BCUT2D eigenvalue weighted by molar-refractivity contribution is -0.0474. The topological polar surface area (TPSA) is 47.0 Å². The monoisotopic (exact) mass is 225 g/mol. The molecule has 1 unspecified atom stereocenters. The quantitative estimate of drug-likeness (QED) is 0.820. The summed E-state index contributed by atoms with van der Waals surface area (Å²) in [4.78, 5) is 0. The zero-order valence-corrected chi connectivity index (χ0v) is 8.94. The summed E-state index contributed by atoms with van der Waals surface area (Å²) in [6.07, 6.45) is 1.60. The number of rotatable bonds is 2. The van der Waals surface area contributed by atoms with E-state index >= 15 is 0 Å². The molecule has 5 heteroatoms. The van der Waals surface area contributed by atoms with Crippen LogP contribution >= 0.6 is 11.6 Å². The predicted octanol–water partition coefficient (Wildman–Crippen LogP) is 1.12. The van der Waals surface area contributed by atoms with Gasteiger partial charge < -0.3 is 10.1 Å². The van der Waals surface area contributed by atoms with Gasteiger partial charge in [-0.1, -0.05) is 11.6 Å². The third-order valence-electron chi connectivity index (χ3n) is 3.21. The van der Waals surface area contributed by atoms with Crippen LogP contribution < -0.4 is 10.1 Å². The van der Waals surface area contributed by atoms with Crippen LogP contribution in [-0.4, -0.2) is 29.4 Å². The Morgan fingerprint density at radius 3 is 2.67 bits per heavy atom. The molecule has 0 radical (unpaired) electrons. The fraction of sp³-hybridized carbons (Fsp3) is 0.600. The van der Waals surface area contributed by atoms with Crippen molar-refractivity contribution in [1.82, 2.24) is 15.5 Å². The molecule has 2 fully saturated rings. The van der Waals surface area contributed by atoms with E-state index in [2.05, 4.69) is 15.5 Å². The lowest BCUT2D eigenvalue weighted by Crippen LogP contribution is -2.59. The zero-order valence-electron chi connectivity index (χ0n) is 8.19. The molecule has 80 valence electrons. The standard InChI is InChI=1S/C10H12ClN3O/c11-8-1-2-9(14-13-8)15-10-6-3-7(10)5-12-4-6/h1-2,6-7,10,12H,3-5H2/t6-,7+,10?. The number of aromatic nitrogens is 2. The van der Waals surface area contributed by atoms with Gasteiger partial charge in [0.05, 0.1) is 0 Å². The minimum Gasteiger partial charge on any atom is -0.473 e. The number of halogens is 1. The molecule has 1 N–H and O–H groups in total. The van der Waals surface area contributed by atoms with Gasteiger partial charge in [-0.15, -0.1) is 10.2 Å². The second-order valence-corrected chi connectivity index (χ2v) is 4.58. The molecule has 0 amide bonds. The highest BCUT2D eigenvalue weighted by Crippen LogP contribution is 2.38. The van der Waals surface area contributed by atoms with Gasteiger partial charge in [-0.25, -0.2) is 0 Å². The largest absolute Gasteiger partial charge is 0.473 e. The third kappa shape index (κ3) is 1.68. The molecule has 0 spiro atoms. The summed E-state index contributed by atoms with van der Waals surface area (Å²) in [6, 6.07) is 3.48. The summed E-state index contributed by atoms with van der Waals surface area (Å²) < 4.78 is 5.80. The second-order valence-electron chi connectivity index (χ2n) is 4.19. The molecule has 2 aliphatic rings. The second kappa shape index (κ2) is 3.61. The molecule has 1 aromatic heterocycles. The molecule has 15 heavy (non-hydrogen) atoms. The van der Waals surface area contributed by atoms with E-state index in [4.69, 9.17) is 16.3 Å². The molecule has 1 saturated heterocycles. The molecule has 0 aromatic carbocycles. The van der Waals surface area contributed by atoms with Gasteiger partial charge in [0.2, 0.25) is 5.88 Å². The first-order chi connectivity index (χ1) is 7.33. The summed E-state index contributed by atoms with van der Waals surface area (Å²) in [5.41, 5.74) is 0. The van der Waals surface area contributed by atoms with Crippen molar-refractivity contribution in [3.63, 3.8) is 0 Å². The van der Waals surface area contributed by atoms with Gasteiger partial charge in [-0.2, -0.15) is 0 Å². The van der Waals surface area contributed by atoms with Crippen LogP contribution in [0.25, 0.3) is 0 Å². The van der Waals surface area contributed by atoms with Crippen molar-refractivity contribution in [2.45, 2.75) is 12.5 Å². The maximum Gasteiger partial charge on any atom is 0.233 e. The van der Waals surface area contributed by atoms with Gasteiger partial charge in [-0.05, 0) is 12.5 Å². The Kier molecular flexibility index (Phi) is 2.25. The molecule has 3 atom stereocenters. The van der Waals surface area contributed by atoms with E-state index in [1.165, 1.54) is 6.42 Å². The van der Waals surface area contributed by atoms with Gasteiger partial charge in [0.25, 0.3) is 0 Å². The Labute approximate surface area is 93.0 Å². The predicted molar refractivity (Wildman–Crippen MR) is 55.9 cm³/mol. The summed E-state index contributed by atoms with van der Waals surface area (Å²) in [5.74, 6) is 1.86. The first kappa shape index (κ1) is 9.36. The average Bonchev–Trinajstić information content (AvgIpc) is 2.29. The van der Waals surface area contributed by atoms with E-state index in [0.717, 1.165) is 13.1 Å². The Balaban J connectivity index is 1.68. The van der Waals surface area contributed by atoms with Crippen molar-refractivity contribution in [1.29, 1.82) is 0 Å². The fourth-order valence-corrected chi connectivity index (χ4v) is 2.50. The van der Waals surface area contributed by atoms with Gasteiger partial charge in [0, 0.05) is 31.0 Å². The number of ether oxygens (including phenoxy) is 1. The number of nitrogens with zero attached hydrogens (tertiary/aromatic N) is 2. The first-order valence-corrected chi connectivity index (χ1v) is 5.57. The van der Waals surface area contributed by atoms with E-state index < -0.39 is 0 Å². The lowest BCUT2D eigenvalue weighted by Gasteiger charge is -2.48. The highest BCUT2D eigenvalue weighted by atomic mass is 35.5. The van der Waals surface area contributed by atoms with Crippen molar-refractivity contribution in [2.24, 2.45) is 11.8 Å². The van der Waals surface area contributed by atoms with Gasteiger partial charge >= 0.3 is 0 Å². The van der Waals surface area contributed by atoms with Crippen LogP contribution in [-0.2, 0) is 0 Å². The Bertz CT molecular complexity index is 342. The highest BCUT2D eigenvalue weighted by molar-refractivity contribution is 6.29. The summed E-state index contributed by atoms with van der Waals surface area (Å²) in [5, 5.41) is 11.4. The lowest BCUT2D eigenvalue weighted by atomic mass is 9.69. The van der Waals surface area contributed by atoms with Gasteiger partial charge in [0.15, 0.2) is 5.15 Å². The van der Waals surface area contributed by atoms with Crippen LogP contribution in [0.1, 0.15) is 6.42 Å². The molecule has 4 nitrogen and oxygen atoms in total. The fourth-order valence-electron chi connectivity index (χ4n) is 2.40. The molecule has 1 aliphatic carbocycles. The molecule has 1 aliphatic heterocycles. The number of hydrogen-bond donors (Lipinski definition) is 1. The summed E-state index contributed by atoms with van der Waals surface area (Å²) in [7, 11) is 0. The van der Waals surface area contributed by atoms with Crippen molar-refractivity contribution in [3.05, 3.63) is 17.3 Å². The molecule has 1 aromatic rings. The minimum absolute atomic E-state index is 0.321. The summed E-state index contributed by atoms with van der Waals surface area (Å²) in [6.45, 7) is 2.12. The SMILES string of the molecule is Clc1ccc(OC2[C@@H]3CNC[C@H]2C3)nn1. The van der Waals surface area contributed by atoms with Crippen LogP contribution in [0, 0.1) is 11.8 Å². The molecule has 1 saturated carbocycles. The van der Waals surface area contributed by atoms with Gasteiger partial charge in [0.1, 0.15) is 6.10 Å².